The number of hydrogen-bond acceptors (Lipinski definition) is 2. The summed E-state index contributed by atoms with van der Waals surface area (Å²) >= 11 is 0. The van der Waals surface area contributed by atoms with Crippen molar-refractivity contribution in [2.75, 3.05) is 0 Å². The fraction of sp³-hybridized carbons (Fsp3) is 0.385. The number of H-pyrrole nitrogens is 1. The number of aryl methyl sites for hydroxylation is 1. The van der Waals surface area contributed by atoms with Gasteiger partial charge in [-0.3, -0.25) is 0 Å². The third-order valence-corrected chi connectivity index (χ3v) is 2.72. The third-order valence-electron chi connectivity index (χ3n) is 2.72. The molecular weight excluding hydrogens is 200 g/mol. The predicted octanol–water partition coefficient (Wildman–Crippen LogP) is 2.72. The lowest BCUT2D eigenvalue weighted by molar-refractivity contribution is 0.460. The lowest BCUT2D eigenvalue weighted by atomic mass is 10.1. The lowest BCUT2D eigenvalue weighted by Crippen LogP contribution is -2.25. The number of furan rings is 1. The van der Waals surface area contributed by atoms with Gasteiger partial charge in [-0.15, -0.1) is 0 Å². The van der Waals surface area contributed by atoms with Crippen molar-refractivity contribution in [2.24, 2.45) is 0 Å². The van der Waals surface area contributed by atoms with E-state index >= 15 is 0 Å². The molecule has 0 radical (unpaired) electrons. The first-order valence-corrected chi connectivity index (χ1v) is 5.72. The summed E-state index contributed by atoms with van der Waals surface area (Å²) in [4.78, 5) is 3.05. The van der Waals surface area contributed by atoms with Crippen LogP contribution in [0, 0.1) is 0 Å². The van der Waals surface area contributed by atoms with Crippen LogP contribution in [-0.2, 0) is 13.0 Å². The molecular formula is C13H18N2O. The zero-order valence-corrected chi connectivity index (χ0v) is 9.57. The maximum atomic E-state index is 5.30. The van der Waals surface area contributed by atoms with Crippen molar-refractivity contribution < 1.29 is 4.42 Å². The number of aromatic amines is 1. The average molecular weight is 218 g/mol. The van der Waals surface area contributed by atoms with E-state index in [9.17, 15) is 0 Å². The summed E-state index contributed by atoms with van der Waals surface area (Å²) in [7, 11) is 0. The minimum absolute atomic E-state index is 0.500. The van der Waals surface area contributed by atoms with Gasteiger partial charge in [0.2, 0.25) is 0 Å². The van der Waals surface area contributed by atoms with E-state index in [0.29, 0.717) is 6.04 Å². The smallest absolute Gasteiger partial charge is 0.103 e. The Bertz CT molecular complexity index is 340. The highest BCUT2D eigenvalue weighted by molar-refractivity contribution is 5.07. The summed E-state index contributed by atoms with van der Waals surface area (Å²) in [5.41, 5.74) is 1.30. The quantitative estimate of drug-likeness (QED) is 0.782. The summed E-state index contributed by atoms with van der Waals surface area (Å²) in [5.74, 6) is 1.07. The Morgan fingerprint density at radius 3 is 3.06 bits per heavy atom. The average Bonchev–Trinajstić information content (AvgIpc) is 2.96. The first-order valence-electron chi connectivity index (χ1n) is 5.72. The van der Waals surface area contributed by atoms with Crippen LogP contribution in [0.1, 0.15) is 24.7 Å². The molecule has 2 N–H and O–H groups in total. The van der Waals surface area contributed by atoms with Gasteiger partial charge in [-0.1, -0.05) is 0 Å². The van der Waals surface area contributed by atoms with Crippen molar-refractivity contribution in [3.05, 3.63) is 48.2 Å². The van der Waals surface area contributed by atoms with E-state index in [1.54, 1.807) is 6.26 Å². The van der Waals surface area contributed by atoms with E-state index in [1.165, 1.54) is 5.56 Å². The summed E-state index contributed by atoms with van der Waals surface area (Å²) in [6.07, 6.45) is 7.79. The molecule has 1 atom stereocenters. The normalized spacial score (nSPS) is 12.8. The molecule has 16 heavy (non-hydrogen) atoms. The molecule has 86 valence electrons. The van der Waals surface area contributed by atoms with Crippen molar-refractivity contribution in [2.45, 2.75) is 32.4 Å². The molecule has 2 rings (SSSR count). The molecule has 0 spiro atoms. The molecule has 2 aromatic rings. The van der Waals surface area contributed by atoms with E-state index < -0.39 is 0 Å². The van der Waals surface area contributed by atoms with Crippen LogP contribution < -0.4 is 5.32 Å². The van der Waals surface area contributed by atoms with Crippen LogP contribution in [0.15, 0.2) is 41.3 Å². The molecule has 0 saturated carbocycles. The van der Waals surface area contributed by atoms with E-state index in [4.69, 9.17) is 4.42 Å². The Morgan fingerprint density at radius 1 is 1.44 bits per heavy atom. The monoisotopic (exact) mass is 218 g/mol. The third kappa shape index (κ3) is 3.28. The van der Waals surface area contributed by atoms with Crippen LogP contribution in [0.5, 0.6) is 0 Å². The highest BCUT2D eigenvalue weighted by Gasteiger charge is 2.03. The summed E-state index contributed by atoms with van der Waals surface area (Å²) < 4.78 is 5.30. The van der Waals surface area contributed by atoms with Gasteiger partial charge in [0.05, 0.1) is 6.26 Å². The molecule has 3 heteroatoms. The van der Waals surface area contributed by atoms with Gasteiger partial charge in [0.25, 0.3) is 0 Å². The van der Waals surface area contributed by atoms with Crippen molar-refractivity contribution in [3.8, 4) is 0 Å². The molecule has 3 nitrogen and oxygen atoms in total. The minimum atomic E-state index is 0.500. The molecule has 0 bridgehead atoms. The highest BCUT2D eigenvalue weighted by Crippen LogP contribution is 2.06. The SMILES string of the molecule is CC(CCc1ccco1)NCc1cc[nH]c1. The van der Waals surface area contributed by atoms with Gasteiger partial charge >= 0.3 is 0 Å². The summed E-state index contributed by atoms with van der Waals surface area (Å²) in [6, 6.07) is 6.55. The number of hydrogen-bond donors (Lipinski definition) is 2. The lowest BCUT2D eigenvalue weighted by Gasteiger charge is -2.12. The second kappa shape index (κ2) is 5.56. The van der Waals surface area contributed by atoms with Crippen LogP contribution >= 0.6 is 0 Å². The maximum absolute atomic E-state index is 5.30. The summed E-state index contributed by atoms with van der Waals surface area (Å²) in [6.45, 7) is 3.12. The van der Waals surface area contributed by atoms with Gasteiger partial charge in [0.1, 0.15) is 5.76 Å². The van der Waals surface area contributed by atoms with Crippen LogP contribution in [0.2, 0.25) is 0 Å². The van der Waals surface area contributed by atoms with Crippen LogP contribution in [0.4, 0.5) is 0 Å². The van der Waals surface area contributed by atoms with Gasteiger partial charge in [0.15, 0.2) is 0 Å². The second-order valence-electron chi connectivity index (χ2n) is 4.12. The number of aromatic nitrogens is 1. The molecule has 2 aromatic heterocycles. The Labute approximate surface area is 95.9 Å². The Kier molecular flexibility index (Phi) is 3.83. The van der Waals surface area contributed by atoms with E-state index in [1.807, 2.05) is 24.5 Å². The van der Waals surface area contributed by atoms with Crippen molar-refractivity contribution >= 4 is 0 Å². The minimum Gasteiger partial charge on any atom is -0.469 e. The molecule has 0 aliphatic carbocycles. The zero-order valence-electron chi connectivity index (χ0n) is 9.57. The Morgan fingerprint density at radius 2 is 2.38 bits per heavy atom. The molecule has 0 fully saturated rings. The van der Waals surface area contributed by atoms with Gasteiger partial charge in [-0.2, -0.15) is 0 Å². The molecule has 0 aromatic carbocycles. The maximum Gasteiger partial charge on any atom is 0.103 e. The van der Waals surface area contributed by atoms with Crippen molar-refractivity contribution in [1.29, 1.82) is 0 Å². The number of rotatable bonds is 6. The molecule has 0 saturated heterocycles. The van der Waals surface area contributed by atoms with Crippen LogP contribution in [0.25, 0.3) is 0 Å². The van der Waals surface area contributed by atoms with Gasteiger partial charge in [-0.05, 0) is 37.1 Å². The largest absolute Gasteiger partial charge is 0.469 e. The van der Waals surface area contributed by atoms with Gasteiger partial charge in [-0.25, -0.2) is 0 Å². The molecule has 1 unspecified atom stereocenters. The molecule has 2 heterocycles. The van der Waals surface area contributed by atoms with Gasteiger partial charge in [0, 0.05) is 31.4 Å². The first-order chi connectivity index (χ1) is 7.84. The van der Waals surface area contributed by atoms with Crippen molar-refractivity contribution in [1.82, 2.24) is 10.3 Å². The van der Waals surface area contributed by atoms with Crippen LogP contribution in [-0.4, -0.2) is 11.0 Å². The van der Waals surface area contributed by atoms with Crippen molar-refractivity contribution in [3.63, 3.8) is 0 Å². The Hall–Kier alpha value is -1.48. The highest BCUT2D eigenvalue weighted by atomic mass is 16.3. The Balaban J connectivity index is 1.66. The molecule has 0 amide bonds. The fourth-order valence-corrected chi connectivity index (χ4v) is 1.68. The van der Waals surface area contributed by atoms with E-state index in [2.05, 4.69) is 23.3 Å². The molecule has 0 aliphatic rings. The number of nitrogens with one attached hydrogen (secondary N) is 2. The first kappa shape index (κ1) is 11.0. The predicted molar refractivity (Wildman–Crippen MR) is 64.1 cm³/mol. The fourth-order valence-electron chi connectivity index (χ4n) is 1.68. The molecule has 0 aliphatic heterocycles. The zero-order chi connectivity index (χ0) is 11.2. The standard InChI is InChI=1S/C13H18N2O/c1-11(4-5-13-3-2-8-16-13)15-10-12-6-7-14-9-12/h2-3,6-9,11,14-15H,4-5,10H2,1H3. The van der Waals surface area contributed by atoms with Gasteiger partial charge < -0.3 is 14.7 Å². The second-order valence-corrected chi connectivity index (χ2v) is 4.12. The van der Waals surface area contributed by atoms with E-state index in [0.717, 1.165) is 25.1 Å². The van der Waals surface area contributed by atoms with Crippen LogP contribution in [0.3, 0.4) is 0 Å². The topological polar surface area (TPSA) is 41.0 Å². The summed E-state index contributed by atoms with van der Waals surface area (Å²) in [5, 5.41) is 3.49. The van der Waals surface area contributed by atoms with E-state index in [-0.39, 0.29) is 0 Å².